The fraction of sp³-hybridized carbons (Fsp3) is 0.0556. The Labute approximate surface area is 132 Å². The highest BCUT2D eigenvalue weighted by atomic mass is 32.1. The Hall–Kier alpha value is -2.43. The predicted octanol–water partition coefficient (Wildman–Crippen LogP) is 4.25. The van der Waals surface area contributed by atoms with E-state index in [0.717, 1.165) is 32.7 Å². The highest BCUT2D eigenvalue weighted by Crippen LogP contribution is 2.32. The first-order valence-electron chi connectivity index (χ1n) is 7.08. The molecule has 0 spiro atoms. The zero-order valence-electron chi connectivity index (χ0n) is 11.8. The number of aliphatic hydroxyl groups is 1. The molecule has 22 heavy (non-hydrogen) atoms. The lowest BCUT2D eigenvalue weighted by molar-refractivity contribution is 0.285. The summed E-state index contributed by atoms with van der Waals surface area (Å²) in [7, 11) is 0. The molecule has 2 heterocycles. The number of thiophene rings is 1. The molecule has 0 unspecified atom stereocenters. The summed E-state index contributed by atoms with van der Waals surface area (Å²) in [5.41, 5.74) is 4.14. The van der Waals surface area contributed by atoms with E-state index >= 15 is 0 Å². The third-order valence-electron chi connectivity index (χ3n) is 3.67. The molecule has 2 aromatic heterocycles. The second-order valence-corrected chi connectivity index (χ2v) is 6.07. The van der Waals surface area contributed by atoms with E-state index in [2.05, 4.69) is 29.6 Å². The Morgan fingerprint density at radius 1 is 1.00 bits per heavy atom. The Balaban J connectivity index is 1.97. The zero-order valence-corrected chi connectivity index (χ0v) is 12.6. The van der Waals surface area contributed by atoms with Gasteiger partial charge in [-0.05, 0) is 24.3 Å². The Morgan fingerprint density at radius 2 is 1.77 bits per heavy atom. The van der Waals surface area contributed by atoms with Crippen molar-refractivity contribution >= 4 is 22.2 Å². The number of rotatable bonds is 3. The van der Waals surface area contributed by atoms with Gasteiger partial charge >= 0.3 is 0 Å². The highest BCUT2D eigenvalue weighted by Gasteiger charge is 2.14. The highest BCUT2D eigenvalue weighted by molar-refractivity contribution is 7.10. The van der Waals surface area contributed by atoms with E-state index in [1.54, 1.807) is 11.3 Å². The third kappa shape index (κ3) is 2.13. The van der Waals surface area contributed by atoms with Crippen molar-refractivity contribution in [2.24, 2.45) is 0 Å². The third-order valence-corrected chi connectivity index (χ3v) is 4.59. The van der Waals surface area contributed by atoms with Gasteiger partial charge in [0, 0.05) is 21.2 Å². The summed E-state index contributed by atoms with van der Waals surface area (Å²) in [4.78, 5) is 0.952. The number of nitrogens with zero attached hydrogens (tertiary/aromatic N) is 2. The molecule has 0 aliphatic heterocycles. The molecule has 4 rings (SSSR count). The lowest BCUT2D eigenvalue weighted by atomic mass is 10.1. The molecule has 4 heteroatoms. The molecule has 0 atom stereocenters. The number of aromatic nitrogens is 2. The van der Waals surface area contributed by atoms with Gasteiger partial charge in [0.05, 0.1) is 17.8 Å². The average molecular weight is 306 g/mol. The van der Waals surface area contributed by atoms with Crippen molar-refractivity contribution in [1.82, 2.24) is 9.78 Å². The summed E-state index contributed by atoms with van der Waals surface area (Å²) in [6.45, 7) is 0.0714. The second kappa shape index (κ2) is 5.40. The summed E-state index contributed by atoms with van der Waals surface area (Å²) in [5.74, 6) is 0. The van der Waals surface area contributed by atoms with Crippen LogP contribution in [0.25, 0.3) is 27.8 Å². The van der Waals surface area contributed by atoms with Gasteiger partial charge in [-0.1, -0.05) is 36.4 Å². The maximum atomic E-state index is 9.28. The maximum Gasteiger partial charge on any atom is 0.101 e. The van der Waals surface area contributed by atoms with Gasteiger partial charge in [0.15, 0.2) is 0 Å². The summed E-state index contributed by atoms with van der Waals surface area (Å²) >= 11 is 1.56. The predicted molar refractivity (Wildman–Crippen MR) is 90.3 cm³/mol. The van der Waals surface area contributed by atoms with E-state index in [1.807, 2.05) is 41.1 Å². The van der Waals surface area contributed by atoms with Gasteiger partial charge in [-0.2, -0.15) is 5.10 Å². The van der Waals surface area contributed by atoms with Gasteiger partial charge in [0.1, 0.15) is 5.69 Å². The topological polar surface area (TPSA) is 38.1 Å². The lowest BCUT2D eigenvalue weighted by Crippen LogP contribution is -1.95. The normalized spacial score (nSPS) is 11.1. The minimum absolute atomic E-state index is 0.0714. The van der Waals surface area contributed by atoms with Crippen LogP contribution in [0, 0.1) is 0 Å². The number of fused-ring (bicyclic) bond motifs is 1. The Bertz CT molecular complexity index is 925. The molecule has 0 aliphatic rings. The van der Waals surface area contributed by atoms with Crippen molar-refractivity contribution in [3.63, 3.8) is 0 Å². The van der Waals surface area contributed by atoms with Crippen LogP contribution in [0.1, 0.15) is 4.88 Å². The second-order valence-electron chi connectivity index (χ2n) is 5.07. The molecule has 3 nitrogen and oxygen atoms in total. The van der Waals surface area contributed by atoms with Crippen molar-refractivity contribution < 1.29 is 5.11 Å². The smallest absolute Gasteiger partial charge is 0.101 e. The van der Waals surface area contributed by atoms with Crippen LogP contribution in [0.4, 0.5) is 0 Å². The van der Waals surface area contributed by atoms with Gasteiger partial charge in [-0.3, -0.25) is 0 Å². The van der Waals surface area contributed by atoms with Crippen molar-refractivity contribution in [3.05, 3.63) is 70.9 Å². The van der Waals surface area contributed by atoms with Gasteiger partial charge < -0.3 is 5.11 Å². The number of aliphatic hydroxyl groups excluding tert-OH is 1. The van der Waals surface area contributed by atoms with E-state index in [0.29, 0.717) is 0 Å². The average Bonchev–Trinajstić information content (AvgIpc) is 3.20. The number of hydrogen-bond acceptors (Lipinski definition) is 3. The zero-order chi connectivity index (χ0) is 14.9. The first-order chi connectivity index (χ1) is 10.9. The van der Waals surface area contributed by atoms with Crippen LogP contribution in [0.15, 0.2) is 66.0 Å². The molecule has 1 N–H and O–H groups in total. The molecule has 2 aromatic carbocycles. The molecule has 108 valence electrons. The van der Waals surface area contributed by atoms with Gasteiger partial charge in [-0.15, -0.1) is 11.3 Å². The van der Waals surface area contributed by atoms with Crippen molar-refractivity contribution in [3.8, 4) is 16.9 Å². The van der Waals surface area contributed by atoms with Crippen molar-refractivity contribution in [1.29, 1.82) is 0 Å². The molecular formula is C18H14N2OS. The van der Waals surface area contributed by atoms with E-state index in [1.165, 1.54) is 0 Å². The van der Waals surface area contributed by atoms with Gasteiger partial charge in [-0.25, -0.2) is 4.68 Å². The molecule has 4 aromatic rings. The summed E-state index contributed by atoms with van der Waals surface area (Å²) in [6, 6.07) is 20.4. The number of para-hydroxylation sites is 2. The number of hydrogen-bond donors (Lipinski definition) is 1. The Morgan fingerprint density at radius 3 is 2.55 bits per heavy atom. The first-order valence-corrected chi connectivity index (χ1v) is 7.96. The summed E-state index contributed by atoms with van der Waals surface area (Å²) in [5, 5.41) is 17.3. The molecule has 0 fully saturated rings. The fourth-order valence-corrected chi connectivity index (χ4v) is 3.36. The molecule has 0 saturated carbocycles. The molecule has 0 aliphatic carbocycles. The van der Waals surface area contributed by atoms with E-state index < -0.39 is 0 Å². The molecular weight excluding hydrogens is 292 g/mol. The minimum Gasteiger partial charge on any atom is -0.391 e. The monoisotopic (exact) mass is 306 g/mol. The molecule has 0 radical (unpaired) electrons. The van der Waals surface area contributed by atoms with E-state index in [-0.39, 0.29) is 6.61 Å². The first kappa shape index (κ1) is 13.2. The summed E-state index contributed by atoms with van der Waals surface area (Å²) in [6.07, 6.45) is 0. The fourth-order valence-electron chi connectivity index (χ4n) is 2.63. The largest absolute Gasteiger partial charge is 0.391 e. The van der Waals surface area contributed by atoms with Crippen LogP contribution in [-0.4, -0.2) is 14.9 Å². The van der Waals surface area contributed by atoms with E-state index in [4.69, 9.17) is 5.10 Å². The SMILES string of the molecule is OCc1cc(-c2nn(-c3ccccc3)c3ccccc23)cs1. The van der Waals surface area contributed by atoms with Crippen molar-refractivity contribution in [2.45, 2.75) is 6.61 Å². The van der Waals surface area contributed by atoms with Crippen molar-refractivity contribution in [2.75, 3.05) is 0 Å². The maximum absolute atomic E-state index is 9.28. The molecule has 0 amide bonds. The minimum atomic E-state index is 0.0714. The molecule has 0 bridgehead atoms. The van der Waals surface area contributed by atoms with Crippen LogP contribution in [0.3, 0.4) is 0 Å². The standard InChI is InChI=1S/C18H14N2OS/c21-11-15-10-13(12-22-15)18-16-8-4-5-9-17(16)20(19-18)14-6-2-1-3-7-14/h1-10,12,21H,11H2. The quantitative estimate of drug-likeness (QED) is 0.614. The van der Waals surface area contributed by atoms with Crippen LogP contribution >= 0.6 is 11.3 Å². The van der Waals surface area contributed by atoms with E-state index in [9.17, 15) is 5.11 Å². The van der Waals surface area contributed by atoms with Crippen LogP contribution in [0.2, 0.25) is 0 Å². The Kier molecular flexibility index (Phi) is 3.25. The van der Waals surface area contributed by atoms with Gasteiger partial charge in [0.25, 0.3) is 0 Å². The summed E-state index contributed by atoms with van der Waals surface area (Å²) < 4.78 is 1.97. The van der Waals surface area contributed by atoms with Crippen LogP contribution < -0.4 is 0 Å². The van der Waals surface area contributed by atoms with Gasteiger partial charge in [0.2, 0.25) is 0 Å². The molecule has 0 saturated heterocycles. The van der Waals surface area contributed by atoms with Crippen LogP contribution in [0.5, 0.6) is 0 Å². The number of benzene rings is 2. The lowest BCUT2D eigenvalue weighted by Gasteiger charge is -2.02. The van der Waals surface area contributed by atoms with Crippen LogP contribution in [-0.2, 0) is 6.61 Å².